The van der Waals surface area contributed by atoms with Gasteiger partial charge >= 0.3 is 0 Å². The number of methoxy groups -OCH3 is 1. The minimum Gasteiger partial charge on any atom is -0.377 e. The minimum atomic E-state index is -2.85. The van der Waals surface area contributed by atoms with Crippen molar-refractivity contribution in [2.45, 2.75) is 25.6 Å². The van der Waals surface area contributed by atoms with Gasteiger partial charge in [0.25, 0.3) is 0 Å². The van der Waals surface area contributed by atoms with Crippen LogP contribution in [0.2, 0.25) is 0 Å². The van der Waals surface area contributed by atoms with Crippen LogP contribution in [0.25, 0.3) is 4.96 Å². The minimum absolute atomic E-state index is 0.0211. The maximum atomic E-state index is 11.4. The van der Waals surface area contributed by atoms with Gasteiger partial charge in [0.1, 0.15) is 11.6 Å². The Hall–Kier alpha value is -1.10. The van der Waals surface area contributed by atoms with Gasteiger partial charge < -0.3 is 10.1 Å². The standard InChI is InChI=1S/C10H15N5O3S2/c1-18-5-8-12-13-10-15(8)14-9(19-10)4-11-7-2-3-20(16,17)6-7/h7,11H,2-6H2,1H3. The molecule has 1 atom stereocenters. The molecule has 20 heavy (non-hydrogen) atoms. The lowest BCUT2D eigenvalue weighted by Crippen LogP contribution is -2.29. The number of aromatic nitrogens is 4. The van der Waals surface area contributed by atoms with Crippen molar-refractivity contribution in [2.75, 3.05) is 18.6 Å². The molecule has 1 fully saturated rings. The van der Waals surface area contributed by atoms with E-state index >= 15 is 0 Å². The predicted molar refractivity (Wildman–Crippen MR) is 73.3 cm³/mol. The van der Waals surface area contributed by atoms with E-state index in [1.54, 1.807) is 11.6 Å². The molecule has 0 aromatic carbocycles. The van der Waals surface area contributed by atoms with Crippen molar-refractivity contribution >= 4 is 26.1 Å². The summed E-state index contributed by atoms with van der Waals surface area (Å²) in [6.07, 6.45) is 0.668. The monoisotopic (exact) mass is 317 g/mol. The lowest BCUT2D eigenvalue weighted by molar-refractivity contribution is 0.176. The molecule has 3 heterocycles. The van der Waals surface area contributed by atoms with Crippen LogP contribution >= 0.6 is 11.3 Å². The smallest absolute Gasteiger partial charge is 0.234 e. The van der Waals surface area contributed by atoms with Crippen LogP contribution in [0.15, 0.2) is 0 Å². The van der Waals surface area contributed by atoms with Crippen LogP contribution < -0.4 is 5.32 Å². The first-order chi connectivity index (χ1) is 9.57. The van der Waals surface area contributed by atoms with Gasteiger partial charge in [0.15, 0.2) is 15.7 Å². The fraction of sp³-hybridized carbons (Fsp3) is 0.700. The highest BCUT2D eigenvalue weighted by molar-refractivity contribution is 7.91. The zero-order valence-corrected chi connectivity index (χ0v) is 12.6. The Morgan fingerprint density at radius 1 is 1.50 bits per heavy atom. The van der Waals surface area contributed by atoms with Crippen molar-refractivity contribution < 1.29 is 13.2 Å². The van der Waals surface area contributed by atoms with Crippen LogP contribution in [0, 0.1) is 0 Å². The molecular weight excluding hydrogens is 302 g/mol. The first kappa shape index (κ1) is 13.9. The van der Waals surface area contributed by atoms with E-state index in [9.17, 15) is 8.42 Å². The molecule has 110 valence electrons. The molecule has 0 aliphatic carbocycles. The lowest BCUT2D eigenvalue weighted by Gasteiger charge is -2.07. The third kappa shape index (κ3) is 2.82. The van der Waals surface area contributed by atoms with Gasteiger partial charge in [-0.2, -0.15) is 9.61 Å². The summed E-state index contributed by atoms with van der Waals surface area (Å²) in [6, 6.07) is 0.0211. The summed E-state index contributed by atoms with van der Waals surface area (Å²) in [5, 5.41) is 16.5. The second kappa shape index (κ2) is 5.35. The third-order valence-electron chi connectivity index (χ3n) is 3.15. The Morgan fingerprint density at radius 3 is 3.05 bits per heavy atom. The highest BCUT2D eigenvalue weighted by atomic mass is 32.2. The normalized spacial score (nSPS) is 21.8. The molecule has 0 saturated carbocycles. The highest BCUT2D eigenvalue weighted by Gasteiger charge is 2.27. The molecule has 1 N–H and O–H groups in total. The number of ether oxygens (including phenoxy) is 1. The number of hydrogen-bond acceptors (Lipinski definition) is 8. The Balaban J connectivity index is 1.66. The molecule has 10 heteroatoms. The van der Waals surface area contributed by atoms with Gasteiger partial charge in [0, 0.05) is 19.7 Å². The van der Waals surface area contributed by atoms with Crippen LogP contribution in [-0.2, 0) is 27.7 Å². The summed E-state index contributed by atoms with van der Waals surface area (Å²) in [5.41, 5.74) is 0. The molecule has 0 spiro atoms. The number of fused-ring (bicyclic) bond motifs is 1. The van der Waals surface area contributed by atoms with E-state index in [0.29, 0.717) is 30.4 Å². The number of nitrogens with zero attached hydrogens (tertiary/aromatic N) is 4. The molecule has 8 nitrogen and oxygen atoms in total. The van der Waals surface area contributed by atoms with Gasteiger partial charge in [-0.3, -0.25) is 0 Å². The maximum Gasteiger partial charge on any atom is 0.234 e. The van der Waals surface area contributed by atoms with E-state index in [-0.39, 0.29) is 17.5 Å². The van der Waals surface area contributed by atoms with Crippen LogP contribution in [0.4, 0.5) is 0 Å². The van der Waals surface area contributed by atoms with Crippen molar-refractivity contribution in [2.24, 2.45) is 0 Å². The van der Waals surface area contributed by atoms with Gasteiger partial charge in [-0.15, -0.1) is 10.2 Å². The van der Waals surface area contributed by atoms with Crippen molar-refractivity contribution in [1.82, 2.24) is 25.1 Å². The SMILES string of the molecule is COCc1nnc2sc(CNC3CCS(=O)(=O)C3)nn12. The quantitative estimate of drug-likeness (QED) is 0.801. The van der Waals surface area contributed by atoms with E-state index < -0.39 is 9.84 Å². The number of sulfone groups is 1. The fourth-order valence-electron chi connectivity index (χ4n) is 2.18. The largest absolute Gasteiger partial charge is 0.377 e. The number of rotatable bonds is 5. The summed E-state index contributed by atoms with van der Waals surface area (Å²) in [6.45, 7) is 0.902. The van der Waals surface area contributed by atoms with Gasteiger partial charge in [-0.1, -0.05) is 11.3 Å². The Morgan fingerprint density at radius 2 is 2.35 bits per heavy atom. The summed E-state index contributed by atoms with van der Waals surface area (Å²) >= 11 is 1.44. The maximum absolute atomic E-state index is 11.4. The highest BCUT2D eigenvalue weighted by Crippen LogP contribution is 2.16. The average molecular weight is 317 g/mol. The topological polar surface area (TPSA) is 98.5 Å². The van der Waals surface area contributed by atoms with Crippen molar-refractivity contribution in [1.29, 1.82) is 0 Å². The zero-order chi connectivity index (χ0) is 14.2. The molecule has 1 aliphatic heterocycles. The van der Waals surface area contributed by atoms with Crippen LogP contribution in [0.5, 0.6) is 0 Å². The first-order valence-electron chi connectivity index (χ1n) is 6.20. The Bertz CT molecular complexity index is 708. The average Bonchev–Trinajstić information content (AvgIpc) is 3.03. The molecule has 1 unspecified atom stereocenters. The van der Waals surface area contributed by atoms with Crippen LogP contribution in [0.3, 0.4) is 0 Å². The molecule has 0 amide bonds. The molecule has 3 rings (SSSR count). The molecule has 2 aromatic heterocycles. The molecule has 1 aliphatic rings. The van der Waals surface area contributed by atoms with E-state index in [2.05, 4.69) is 20.6 Å². The molecule has 2 aromatic rings. The summed E-state index contributed by atoms with van der Waals surface area (Å²) < 4.78 is 29.4. The molecule has 0 bridgehead atoms. The number of nitrogens with one attached hydrogen (secondary N) is 1. The molecule has 1 saturated heterocycles. The van der Waals surface area contributed by atoms with Crippen molar-refractivity contribution in [3.8, 4) is 0 Å². The van der Waals surface area contributed by atoms with E-state index in [4.69, 9.17) is 4.74 Å². The van der Waals surface area contributed by atoms with Crippen molar-refractivity contribution in [3.63, 3.8) is 0 Å². The zero-order valence-electron chi connectivity index (χ0n) is 10.9. The summed E-state index contributed by atoms with van der Waals surface area (Å²) in [4.78, 5) is 0.716. The predicted octanol–water partition coefficient (Wildman–Crippen LogP) is -0.391. The fourth-order valence-corrected chi connectivity index (χ4v) is 4.69. The van der Waals surface area contributed by atoms with Gasteiger partial charge in [-0.25, -0.2) is 8.42 Å². The second-order valence-electron chi connectivity index (χ2n) is 4.72. The Labute approximate surface area is 120 Å². The molecule has 0 radical (unpaired) electrons. The van der Waals surface area contributed by atoms with E-state index in [1.807, 2.05) is 0 Å². The van der Waals surface area contributed by atoms with Crippen LogP contribution in [-0.4, -0.2) is 52.9 Å². The summed E-state index contributed by atoms with van der Waals surface area (Å²) in [5.74, 6) is 1.15. The van der Waals surface area contributed by atoms with Gasteiger partial charge in [0.2, 0.25) is 4.96 Å². The third-order valence-corrected chi connectivity index (χ3v) is 5.81. The number of hydrogen-bond donors (Lipinski definition) is 1. The van der Waals surface area contributed by atoms with Gasteiger partial charge in [-0.05, 0) is 6.42 Å². The van der Waals surface area contributed by atoms with Crippen molar-refractivity contribution in [3.05, 3.63) is 10.8 Å². The van der Waals surface area contributed by atoms with E-state index in [1.165, 1.54) is 11.3 Å². The summed E-state index contributed by atoms with van der Waals surface area (Å²) in [7, 11) is -1.26. The van der Waals surface area contributed by atoms with Crippen LogP contribution in [0.1, 0.15) is 17.3 Å². The van der Waals surface area contributed by atoms with Gasteiger partial charge in [0.05, 0.1) is 11.5 Å². The van der Waals surface area contributed by atoms with E-state index in [0.717, 1.165) is 5.01 Å². The lowest BCUT2D eigenvalue weighted by atomic mass is 10.3. The molecular formula is C10H15N5O3S2. The first-order valence-corrected chi connectivity index (χ1v) is 8.84. The Kier molecular flexibility index (Phi) is 3.71. The second-order valence-corrected chi connectivity index (χ2v) is 7.99.